The predicted molar refractivity (Wildman–Crippen MR) is 101 cm³/mol. The van der Waals surface area contributed by atoms with Crippen molar-refractivity contribution in [1.29, 1.82) is 0 Å². The maximum atomic E-state index is 10.6. The van der Waals surface area contributed by atoms with Crippen LogP contribution in [0.2, 0.25) is 0 Å². The number of hydrogen-bond donors (Lipinski definition) is 5. The molecular weight excluding hydrogens is 368 g/mol. The van der Waals surface area contributed by atoms with Crippen molar-refractivity contribution in [1.82, 2.24) is 0 Å². The fraction of sp³-hybridized carbons (Fsp3) is 0.400. The molecule has 28 heavy (non-hydrogen) atoms. The van der Waals surface area contributed by atoms with E-state index in [1.807, 2.05) is 0 Å². The molecular formula is C20H26O8. The largest absolute Gasteiger partial charge is 0.504 e. The normalized spacial score (nSPS) is 14.2. The smallest absolute Gasteiger partial charge is 0.161 e. The van der Waals surface area contributed by atoms with Gasteiger partial charge in [-0.05, 0) is 35.4 Å². The summed E-state index contributed by atoms with van der Waals surface area (Å²) < 4.78 is 16.1. The van der Waals surface area contributed by atoms with Gasteiger partial charge in [0.1, 0.15) is 6.10 Å². The molecule has 2 rings (SSSR count). The first kappa shape index (κ1) is 21.8. The van der Waals surface area contributed by atoms with E-state index in [1.54, 1.807) is 18.2 Å². The second kappa shape index (κ2) is 10.1. The third-order valence-electron chi connectivity index (χ3n) is 4.27. The molecule has 0 spiro atoms. The molecule has 0 radical (unpaired) electrons. The summed E-state index contributed by atoms with van der Waals surface area (Å²) in [4.78, 5) is 0. The zero-order chi connectivity index (χ0) is 20.7. The fourth-order valence-electron chi connectivity index (χ4n) is 2.73. The average Bonchev–Trinajstić information content (AvgIpc) is 2.72. The number of aliphatic hydroxyl groups is 4. The van der Waals surface area contributed by atoms with Crippen molar-refractivity contribution in [2.75, 3.05) is 27.4 Å². The van der Waals surface area contributed by atoms with E-state index in [4.69, 9.17) is 19.3 Å². The van der Waals surface area contributed by atoms with Crippen molar-refractivity contribution in [3.05, 3.63) is 47.5 Å². The maximum absolute atomic E-state index is 10.6. The highest BCUT2D eigenvalue weighted by Gasteiger charge is 2.24. The molecule has 3 atom stereocenters. The van der Waals surface area contributed by atoms with Crippen LogP contribution in [0.4, 0.5) is 0 Å². The van der Waals surface area contributed by atoms with Crippen LogP contribution in [0, 0.1) is 0 Å². The summed E-state index contributed by atoms with van der Waals surface area (Å²) in [5, 5.41) is 48.5. The lowest BCUT2D eigenvalue weighted by atomic mass is 10.0. The van der Waals surface area contributed by atoms with Gasteiger partial charge in [-0.25, -0.2) is 0 Å². The summed E-state index contributed by atoms with van der Waals surface area (Å²) in [5.74, 6) is 0.782. The number of ether oxygens (including phenoxy) is 3. The first-order chi connectivity index (χ1) is 13.4. The summed E-state index contributed by atoms with van der Waals surface area (Å²) in [6, 6.07) is 9.30. The van der Waals surface area contributed by atoms with Crippen molar-refractivity contribution in [2.24, 2.45) is 0 Å². The lowest BCUT2D eigenvalue weighted by Gasteiger charge is -2.24. The van der Waals surface area contributed by atoms with E-state index in [-0.39, 0.29) is 24.5 Å². The molecule has 0 saturated carbocycles. The van der Waals surface area contributed by atoms with Crippen molar-refractivity contribution in [3.8, 4) is 23.0 Å². The minimum Gasteiger partial charge on any atom is -0.504 e. The van der Waals surface area contributed by atoms with E-state index < -0.39 is 24.9 Å². The topological polar surface area (TPSA) is 129 Å². The molecule has 0 bridgehead atoms. The molecule has 8 heteroatoms. The van der Waals surface area contributed by atoms with Gasteiger partial charge in [0, 0.05) is 6.42 Å². The van der Waals surface area contributed by atoms with Crippen LogP contribution in [0.25, 0.3) is 0 Å². The number of phenolic OH excluding ortho intramolecular Hbond substituents is 1. The van der Waals surface area contributed by atoms with Crippen LogP contribution in [-0.2, 0) is 6.42 Å². The molecule has 154 valence electrons. The summed E-state index contributed by atoms with van der Waals surface area (Å²) in [7, 11) is 2.84. The Kier molecular flexibility index (Phi) is 7.89. The quantitative estimate of drug-likeness (QED) is 0.400. The zero-order valence-electron chi connectivity index (χ0n) is 15.8. The van der Waals surface area contributed by atoms with Crippen LogP contribution in [-0.4, -0.2) is 65.2 Å². The molecule has 2 aromatic rings. The monoisotopic (exact) mass is 394 g/mol. The van der Waals surface area contributed by atoms with Gasteiger partial charge in [-0.1, -0.05) is 12.1 Å². The summed E-state index contributed by atoms with van der Waals surface area (Å²) in [6.07, 6.45) is -2.84. The Morgan fingerprint density at radius 1 is 0.857 bits per heavy atom. The number of phenols is 1. The van der Waals surface area contributed by atoms with Gasteiger partial charge in [-0.3, -0.25) is 0 Å². The molecule has 2 aromatic carbocycles. The minimum atomic E-state index is -1.19. The Hall–Kier alpha value is -2.52. The van der Waals surface area contributed by atoms with Crippen LogP contribution < -0.4 is 14.2 Å². The van der Waals surface area contributed by atoms with Crippen LogP contribution in [0.5, 0.6) is 23.0 Å². The van der Waals surface area contributed by atoms with E-state index in [0.717, 1.165) is 5.56 Å². The Morgan fingerprint density at radius 3 is 2.18 bits per heavy atom. The molecule has 8 nitrogen and oxygen atoms in total. The van der Waals surface area contributed by atoms with Gasteiger partial charge >= 0.3 is 0 Å². The third-order valence-corrected chi connectivity index (χ3v) is 4.27. The van der Waals surface area contributed by atoms with Gasteiger partial charge in [0.05, 0.1) is 33.5 Å². The van der Waals surface area contributed by atoms with E-state index in [2.05, 4.69) is 0 Å². The molecule has 0 aliphatic rings. The third kappa shape index (κ3) is 5.26. The van der Waals surface area contributed by atoms with Crippen molar-refractivity contribution in [2.45, 2.75) is 24.7 Å². The number of aliphatic hydroxyl groups excluding tert-OH is 4. The summed E-state index contributed by atoms with van der Waals surface area (Å²) in [6.45, 7) is -0.825. The number of hydrogen-bond acceptors (Lipinski definition) is 8. The van der Waals surface area contributed by atoms with Crippen LogP contribution >= 0.6 is 0 Å². The summed E-state index contributed by atoms with van der Waals surface area (Å²) in [5.41, 5.74) is 1.13. The van der Waals surface area contributed by atoms with Gasteiger partial charge in [0.2, 0.25) is 0 Å². The van der Waals surface area contributed by atoms with E-state index in [1.165, 1.54) is 32.4 Å². The molecule has 0 saturated heterocycles. The average molecular weight is 394 g/mol. The SMILES string of the molecule is COc1cc(C(O)C(CO)Oc2ccc(CC(O)CO)cc2OC)ccc1O. The highest BCUT2D eigenvalue weighted by atomic mass is 16.5. The van der Waals surface area contributed by atoms with Gasteiger partial charge < -0.3 is 39.7 Å². The molecule has 3 unspecified atom stereocenters. The number of methoxy groups -OCH3 is 2. The minimum absolute atomic E-state index is 0.0674. The molecule has 0 aromatic heterocycles. The zero-order valence-corrected chi connectivity index (χ0v) is 15.8. The van der Waals surface area contributed by atoms with Crippen LogP contribution in [0.1, 0.15) is 17.2 Å². The lowest BCUT2D eigenvalue weighted by Crippen LogP contribution is -2.29. The second-order valence-corrected chi connectivity index (χ2v) is 6.24. The number of rotatable bonds is 10. The fourth-order valence-corrected chi connectivity index (χ4v) is 2.73. The van der Waals surface area contributed by atoms with Gasteiger partial charge in [0.15, 0.2) is 29.1 Å². The van der Waals surface area contributed by atoms with Crippen molar-refractivity contribution >= 4 is 0 Å². The van der Waals surface area contributed by atoms with Crippen LogP contribution in [0.3, 0.4) is 0 Å². The maximum Gasteiger partial charge on any atom is 0.161 e. The first-order valence-corrected chi connectivity index (χ1v) is 8.71. The number of aromatic hydroxyl groups is 1. The van der Waals surface area contributed by atoms with Crippen LogP contribution in [0.15, 0.2) is 36.4 Å². The summed E-state index contributed by atoms with van der Waals surface area (Å²) >= 11 is 0. The van der Waals surface area contributed by atoms with E-state index in [0.29, 0.717) is 17.1 Å². The first-order valence-electron chi connectivity index (χ1n) is 8.71. The predicted octanol–water partition coefficient (Wildman–Crippen LogP) is 0.778. The highest BCUT2D eigenvalue weighted by molar-refractivity contribution is 5.44. The molecule has 0 aliphatic carbocycles. The molecule has 0 amide bonds. The Morgan fingerprint density at radius 2 is 1.57 bits per heavy atom. The van der Waals surface area contributed by atoms with Crippen molar-refractivity contribution < 1.29 is 39.7 Å². The second-order valence-electron chi connectivity index (χ2n) is 6.24. The van der Waals surface area contributed by atoms with Crippen molar-refractivity contribution in [3.63, 3.8) is 0 Å². The van der Waals surface area contributed by atoms with Gasteiger partial charge in [0.25, 0.3) is 0 Å². The molecule has 5 N–H and O–H groups in total. The Bertz CT molecular complexity index is 764. The molecule has 0 fully saturated rings. The Balaban J connectivity index is 2.21. The molecule has 0 heterocycles. The van der Waals surface area contributed by atoms with E-state index in [9.17, 15) is 20.4 Å². The van der Waals surface area contributed by atoms with Gasteiger partial charge in [-0.2, -0.15) is 0 Å². The van der Waals surface area contributed by atoms with E-state index >= 15 is 0 Å². The highest BCUT2D eigenvalue weighted by Crippen LogP contribution is 2.34. The standard InChI is InChI=1S/C20H26O8/c1-26-17-9-13(4-5-15(17)24)20(25)19(11-22)28-16-6-3-12(7-14(23)10-21)8-18(16)27-2/h3-6,8-9,14,19-25H,7,10-11H2,1-2H3. The lowest BCUT2D eigenvalue weighted by molar-refractivity contribution is -0.000533. The Labute approximate surface area is 163 Å². The number of benzene rings is 2. The molecule has 0 aliphatic heterocycles. The van der Waals surface area contributed by atoms with Gasteiger partial charge in [-0.15, -0.1) is 0 Å².